The highest BCUT2D eigenvalue weighted by Crippen LogP contribution is 2.33. The number of rotatable bonds is 7. The van der Waals surface area contributed by atoms with Crippen molar-refractivity contribution in [1.29, 1.82) is 0 Å². The van der Waals surface area contributed by atoms with Gasteiger partial charge in [0.15, 0.2) is 5.13 Å². The minimum atomic E-state index is -3.55. The molecule has 0 aliphatic carbocycles. The van der Waals surface area contributed by atoms with Crippen LogP contribution in [-0.4, -0.2) is 69.8 Å². The Balaban J connectivity index is 0.00000363. The van der Waals surface area contributed by atoms with E-state index in [4.69, 9.17) is 4.98 Å². The minimum Gasteiger partial charge on any atom is -0.308 e. The van der Waals surface area contributed by atoms with E-state index in [-0.39, 0.29) is 23.2 Å². The number of benzene rings is 2. The number of amides is 1. The van der Waals surface area contributed by atoms with E-state index in [1.165, 1.54) is 37.6 Å². The third-order valence-electron chi connectivity index (χ3n) is 4.94. The van der Waals surface area contributed by atoms with Crippen molar-refractivity contribution in [3.8, 4) is 0 Å². The summed E-state index contributed by atoms with van der Waals surface area (Å²) >= 11 is 1.50. The number of sulfonamides is 1. The van der Waals surface area contributed by atoms with E-state index in [1.54, 1.807) is 17.0 Å². The van der Waals surface area contributed by atoms with Gasteiger partial charge in [0.1, 0.15) is 0 Å². The largest absolute Gasteiger partial charge is 0.308 e. The Morgan fingerprint density at radius 2 is 1.62 bits per heavy atom. The molecule has 3 aromatic rings. The number of halogens is 1. The number of likely N-dealkylation sites (N-methyl/N-ethyl adjacent to an activating group) is 1. The molecule has 0 unspecified atom stereocenters. The highest BCUT2D eigenvalue weighted by atomic mass is 35.5. The van der Waals surface area contributed by atoms with Crippen LogP contribution in [0, 0.1) is 13.8 Å². The van der Waals surface area contributed by atoms with Gasteiger partial charge in [-0.15, -0.1) is 12.4 Å². The van der Waals surface area contributed by atoms with Crippen LogP contribution in [0.2, 0.25) is 0 Å². The van der Waals surface area contributed by atoms with Crippen LogP contribution in [0.5, 0.6) is 0 Å². The Morgan fingerprint density at radius 1 is 1.00 bits per heavy atom. The van der Waals surface area contributed by atoms with Crippen molar-refractivity contribution < 1.29 is 13.2 Å². The van der Waals surface area contributed by atoms with E-state index in [2.05, 4.69) is 6.07 Å². The highest BCUT2D eigenvalue weighted by molar-refractivity contribution is 7.89. The number of aryl methyl sites for hydroxylation is 2. The second-order valence-corrected chi connectivity index (χ2v) is 11.1. The van der Waals surface area contributed by atoms with E-state index in [0.29, 0.717) is 23.8 Å². The quantitative estimate of drug-likeness (QED) is 0.497. The maximum absolute atomic E-state index is 13.4. The van der Waals surface area contributed by atoms with Crippen LogP contribution < -0.4 is 4.90 Å². The zero-order chi connectivity index (χ0) is 22.9. The summed E-state index contributed by atoms with van der Waals surface area (Å²) in [4.78, 5) is 22.0. The normalized spacial score (nSPS) is 11.8. The number of anilines is 1. The van der Waals surface area contributed by atoms with Gasteiger partial charge in [-0.1, -0.05) is 17.4 Å². The molecule has 0 N–H and O–H groups in total. The van der Waals surface area contributed by atoms with Crippen molar-refractivity contribution in [2.24, 2.45) is 0 Å². The fraction of sp³-hybridized carbons (Fsp3) is 0.364. The average Bonchev–Trinajstić information content (AvgIpc) is 3.11. The maximum atomic E-state index is 13.4. The Kier molecular flexibility index (Phi) is 8.41. The number of hydrogen-bond donors (Lipinski definition) is 0. The molecule has 0 spiro atoms. The molecule has 0 saturated heterocycles. The molecule has 10 heteroatoms. The lowest BCUT2D eigenvalue weighted by Crippen LogP contribution is -2.36. The number of aromatic nitrogens is 1. The van der Waals surface area contributed by atoms with Gasteiger partial charge in [0, 0.05) is 32.7 Å². The lowest BCUT2D eigenvalue weighted by atomic mass is 10.1. The second kappa shape index (κ2) is 10.3. The van der Waals surface area contributed by atoms with Gasteiger partial charge in [-0.2, -0.15) is 0 Å². The van der Waals surface area contributed by atoms with Gasteiger partial charge in [0.2, 0.25) is 10.0 Å². The van der Waals surface area contributed by atoms with Crippen LogP contribution in [-0.2, 0) is 10.0 Å². The Labute approximate surface area is 200 Å². The summed E-state index contributed by atoms with van der Waals surface area (Å²) in [5.74, 6) is -0.205. The molecule has 174 valence electrons. The first kappa shape index (κ1) is 26.2. The fourth-order valence-electron chi connectivity index (χ4n) is 3.20. The van der Waals surface area contributed by atoms with E-state index < -0.39 is 10.0 Å². The summed E-state index contributed by atoms with van der Waals surface area (Å²) in [6.07, 6.45) is 0. The van der Waals surface area contributed by atoms with Crippen molar-refractivity contribution >= 4 is 55.0 Å². The average molecular weight is 497 g/mol. The van der Waals surface area contributed by atoms with Crippen LogP contribution in [0.4, 0.5) is 5.13 Å². The van der Waals surface area contributed by atoms with Crippen molar-refractivity contribution in [1.82, 2.24) is 14.2 Å². The molecule has 0 radical (unpaired) electrons. The van der Waals surface area contributed by atoms with Crippen molar-refractivity contribution in [2.45, 2.75) is 18.7 Å². The van der Waals surface area contributed by atoms with Crippen molar-refractivity contribution in [3.63, 3.8) is 0 Å². The summed E-state index contributed by atoms with van der Waals surface area (Å²) < 4.78 is 26.9. The molecule has 0 aliphatic heterocycles. The van der Waals surface area contributed by atoms with E-state index in [9.17, 15) is 13.2 Å². The number of hydrogen-bond acceptors (Lipinski definition) is 6. The van der Waals surface area contributed by atoms with Gasteiger partial charge in [-0.25, -0.2) is 17.7 Å². The summed E-state index contributed by atoms with van der Waals surface area (Å²) in [7, 11) is 3.32. The van der Waals surface area contributed by atoms with Crippen molar-refractivity contribution in [3.05, 3.63) is 53.1 Å². The first-order valence-corrected chi connectivity index (χ1v) is 12.1. The zero-order valence-electron chi connectivity index (χ0n) is 19.1. The first-order valence-electron chi connectivity index (χ1n) is 9.87. The second-order valence-electron chi connectivity index (χ2n) is 8.00. The summed E-state index contributed by atoms with van der Waals surface area (Å²) in [6, 6.07) is 10.2. The third kappa shape index (κ3) is 5.47. The summed E-state index contributed by atoms with van der Waals surface area (Å²) in [6.45, 7) is 5.23. The van der Waals surface area contributed by atoms with Gasteiger partial charge >= 0.3 is 0 Å². The van der Waals surface area contributed by atoms with Gasteiger partial charge in [-0.05, 0) is 69.4 Å². The lowest BCUT2D eigenvalue weighted by molar-refractivity contribution is 0.0985. The van der Waals surface area contributed by atoms with Crippen LogP contribution in [0.3, 0.4) is 0 Å². The van der Waals surface area contributed by atoms with E-state index in [0.717, 1.165) is 25.6 Å². The topological polar surface area (TPSA) is 73.8 Å². The van der Waals surface area contributed by atoms with Crippen LogP contribution in [0.25, 0.3) is 10.2 Å². The predicted molar refractivity (Wildman–Crippen MR) is 134 cm³/mol. The molecule has 1 aromatic heterocycles. The molecule has 0 saturated carbocycles. The summed E-state index contributed by atoms with van der Waals surface area (Å²) in [5, 5.41) is 0.639. The Morgan fingerprint density at radius 3 is 2.19 bits per heavy atom. The molecule has 0 atom stereocenters. The molecule has 32 heavy (non-hydrogen) atoms. The van der Waals surface area contributed by atoms with Gasteiger partial charge in [0.05, 0.1) is 15.1 Å². The summed E-state index contributed by atoms with van der Waals surface area (Å²) in [5.41, 5.74) is 3.57. The molecule has 0 aliphatic rings. The fourth-order valence-corrected chi connectivity index (χ4v) is 5.14. The molecule has 7 nitrogen and oxygen atoms in total. The highest BCUT2D eigenvalue weighted by Gasteiger charge is 2.23. The van der Waals surface area contributed by atoms with Crippen LogP contribution in [0.15, 0.2) is 41.3 Å². The predicted octanol–water partition coefficient (Wildman–Crippen LogP) is 3.79. The van der Waals surface area contributed by atoms with Crippen LogP contribution >= 0.6 is 23.7 Å². The smallest absolute Gasteiger partial charge is 0.260 e. The Hall–Kier alpha value is -2.04. The number of carbonyl (C=O) groups excluding carboxylic acids is 1. The van der Waals surface area contributed by atoms with Gasteiger partial charge < -0.3 is 4.90 Å². The first-order chi connectivity index (χ1) is 14.5. The third-order valence-corrected chi connectivity index (χ3v) is 7.99. The number of nitrogens with zero attached hydrogens (tertiary/aromatic N) is 4. The molecule has 1 heterocycles. The number of carbonyl (C=O) groups is 1. The molecule has 0 fully saturated rings. The van der Waals surface area contributed by atoms with Gasteiger partial charge in [0.25, 0.3) is 5.91 Å². The van der Waals surface area contributed by atoms with E-state index >= 15 is 0 Å². The molecule has 0 bridgehead atoms. The number of thiazole rings is 1. The molecule has 1 amide bonds. The minimum absolute atomic E-state index is 0. The molecular weight excluding hydrogens is 468 g/mol. The number of fused-ring (bicyclic) bond motifs is 1. The lowest BCUT2D eigenvalue weighted by Gasteiger charge is -2.22. The zero-order valence-corrected chi connectivity index (χ0v) is 21.6. The van der Waals surface area contributed by atoms with Crippen molar-refractivity contribution in [2.75, 3.05) is 46.2 Å². The maximum Gasteiger partial charge on any atom is 0.260 e. The SMILES string of the molecule is Cc1cc(C)c2sc(N(CCN(C)C)C(=O)c3ccc(S(=O)(=O)N(C)C)cc3)nc2c1.Cl. The van der Waals surface area contributed by atoms with Gasteiger partial charge in [-0.3, -0.25) is 9.69 Å². The van der Waals surface area contributed by atoms with Crippen LogP contribution in [0.1, 0.15) is 21.5 Å². The molecule has 3 rings (SSSR count). The molecule has 2 aromatic carbocycles. The monoisotopic (exact) mass is 496 g/mol. The van der Waals surface area contributed by atoms with E-state index in [1.807, 2.05) is 38.9 Å². The standard InChI is InChI=1S/C22H28N4O3S2.ClH/c1-15-13-16(2)20-19(14-15)23-22(30-20)26(12-11-24(3)4)21(27)17-7-9-18(10-8-17)31(28,29)25(5)6;/h7-10,13-14H,11-12H2,1-6H3;1H. The molecular formula is C22H29ClN4O3S2. The Bertz CT molecular complexity index is 1210.